The molecular weight excluding hydrogens is 280 g/mol. The predicted octanol–water partition coefficient (Wildman–Crippen LogP) is 3.00. The van der Waals surface area contributed by atoms with Gasteiger partial charge in [-0.25, -0.2) is 13.6 Å². The van der Waals surface area contributed by atoms with Crippen molar-refractivity contribution < 1.29 is 23.1 Å². The molecule has 0 fully saturated rings. The zero-order valence-corrected chi connectivity index (χ0v) is 11.0. The summed E-state index contributed by atoms with van der Waals surface area (Å²) in [5, 5.41) is 2.49. The molecule has 0 radical (unpaired) electrons. The molecule has 0 saturated heterocycles. The number of nitrogens with one attached hydrogen (secondary N) is 1. The fourth-order valence-corrected chi connectivity index (χ4v) is 1.67. The van der Waals surface area contributed by atoms with Crippen LogP contribution in [0.3, 0.4) is 0 Å². The van der Waals surface area contributed by atoms with Gasteiger partial charge in [0, 0.05) is 11.3 Å². The van der Waals surface area contributed by atoms with Crippen LogP contribution in [0.25, 0.3) is 0 Å². The molecule has 6 heteroatoms. The van der Waals surface area contributed by atoms with Crippen molar-refractivity contribution in [3.05, 3.63) is 65.2 Å². The van der Waals surface area contributed by atoms with E-state index in [1.807, 2.05) is 0 Å². The number of carbonyl (C=O) groups is 2. The highest BCUT2D eigenvalue weighted by Gasteiger charge is 2.14. The maximum Gasteiger partial charge on any atom is 0.340 e. The van der Waals surface area contributed by atoms with Crippen LogP contribution in [-0.2, 0) is 4.74 Å². The SMILES string of the molecule is COC(=O)c1cc(NC(=O)c2ccc(F)cc2)ccc1F. The molecule has 0 aliphatic carbocycles. The number of carbonyl (C=O) groups excluding carboxylic acids is 2. The van der Waals surface area contributed by atoms with E-state index in [1.165, 1.54) is 24.3 Å². The Kier molecular flexibility index (Phi) is 4.27. The molecule has 21 heavy (non-hydrogen) atoms. The Morgan fingerprint density at radius 1 is 1.05 bits per heavy atom. The second-order valence-corrected chi connectivity index (χ2v) is 4.15. The number of hydrogen-bond acceptors (Lipinski definition) is 3. The van der Waals surface area contributed by atoms with E-state index in [1.54, 1.807) is 0 Å². The second-order valence-electron chi connectivity index (χ2n) is 4.15. The Hall–Kier alpha value is -2.76. The minimum atomic E-state index is -0.842. The summed E-state index contributed by atoms with van der Waals surface area (Å²) >= 11 is 0. The van der Waals surface area contributed by atoms with Crippen molar-refractivity contribution in [3.63, 3.8) is 0 Å². The number of anilines is 1. The molecule has 1 N–H and O–H groups in total. The Labute approximate surface area is 119 Å². The standard InChI is InChI=1S/C15H11F2NO3/c1-21-15(20)12-8-11(6-7-13(12)17)18-14(19)9-2-4-10(16)5-3-9/h2-8H,1H3,(H,18,19). The molecule has 0 aliphatic heterocycles. The molecule has 0 unspecified atom stereocenters. The van der Waals surface area contributed by atoms with Crippen molar-refractivity contribution in [2.24, 2.45) is 0 Å². The van der Waals surface area contributed by atoms with E-state index in [4.69, 9.17) is 0 Å². The van der Waals surface area contributed by atoms with Gasteiger partial charge in [0.2, 0.25) is 0 Å². The number of esters is 1. The monoisotopic (exact) mass is 291 g/mol. The van der Waals surface area contributed by atoms with Gasteiger partial charge < -0.3 is 10.1 Å². The number of benzene rings is 2. The Balaban J connectivity index is 2.21. The minimum absolute atomic E-state index is 0.228. The summed E-state index contributed by atoms with van der Waals surface area (Å²) < 4.78 is 30.7. The summed E-state index contributed by atoms with van der Waals surface area (Å²) in [6, 6.07) is 8.46. The first kappa shape index (κ1) is 14.6. The van der Waals surface area contributed by atoms with Gasteiger partial charge in [-0.3, -0.25) is 4.79 Å². The van der Waals surface area contributed by atoms with Gasteiger partial charge in [0.1, 0.15) is 11.6 Å². The van der Waals surface area contributed by atoms with Crippen molar-refractivity contribution in [2.45, 2.75) is 0 Å². The fraction of sp³-hybridized carbons (Fsp3) is 0.0667. The zero-order chi connectivity index (χ0) is 15.4. The summed E-state index contributed by atoms with van der Waals surface area (Å²) in [6.07, 6.45) is 0. The number of halogens is 2. The quantitative estimate of drug-likeness (QED) is 0.884. The van der Waals surface area contributed by atoms with E-state index >= 15 is 0 Å². The van der Waals surface area contributed by atoms with Crippen LogP contribution in [0, 0.1) is 11.6 Å². The lowest BCUT2D eigenvalue weighted by atomic mass is 10.1. The van der Waals surface area contributed by atoms with Crippen molar-refractivity contribution in [3.8, 4) is 0 Å². The van der Waals surface area contributed by atoms with Crippen LogP contribution in [0.1, 0.15) is 20.7 Å². The van der Waals surface area contributed by atoms with Gasteiger partial charge in [0.05, 0.1) is 12.7 Å². The molecular formula is C15H11F2NO3. The van der Waals surface area contributed by atoms with Gasteiger partial charge in [-0.1, -0.05) is 0 Å². The van der Waals surface area contributed by atoms with Gasteiger partial charge in [-0.15, -0.1) is 0 Å². The largest absolute Gasteiger partial charge is 0.465 e. The average molecular weight is 291 g/mol. The summed E-state index contributed by atoms with van der Waals surface area (Å²) in [6.45, 7) is 0. The highest BCUT2D eigenvalue weighted by atomic mass is 19.1. The van der Waals surface area contributed by atoms with E-state index in [9.17, 15) is 18.4 Å². The first-order valence-electron chi connectivity index (χ1n) is 5.96. The van der Waals surface area contributed by atoms with E-state index in [0.29, 0.717) is 0 Å². The number of amides is 1. The second kappa shape index (κ2) is 6.13. The lowest BCUT2D eigenvalue weighted by Gasteiger charge is -2.07. The van der Waals surface area contributed by atoms with Crippen LogP contribution in [0.5, 0.6) is 0 Å². The van der Waals surface area contributed by atoms with Crippen LogP contribution >= 0.6 is 0 Å². The van der Waals surface area contributed by atoms with E-state index < -0.39 is 23.5 Å². The summed E-state index contributed by atoms with van der Waals surface area (Å²) in [7, 11) is 1.13. The molecule has 108 valence electrons. The van der Waals surface area contributed by atoms with E-state index in [-0.39, 0.29) is 16.8 Å². The van der Waals surface area contributed by atoms with Crippen molar-refractivity contribution in [1.82, 2.24) is 0 Å². The predicted molar refractivity (Wildman–Crippen MR) is 72.1 cm³/mol. The van der Waals surface area contributed by atoms with Crippen molar-refractivity contribution in [1.29, 1.82) is 0 Å². The molecule has 0 aliphatic rings. The zero-order valence-electron chi connectivity index (χ0n) is 11.0. The van der Waals surface area contributed by atoms with Gasteiger partial charge in [-0.2, -0.15) is 0 Å². The molecule has 2 aromatic carbocycles. The van der Waals surface area contributed by atoms with Gasteiger partial charge in [-0.05, 0) is 42.5 Å². The molecule has 0 aromatic heterocycles. The van der Waals surface area contributed by atoms with E-state index in [2.05, 4.69) is 10.1 Å². The van der Waals surface area contributed by atoms with Crippen molar-refractivity contribution >= 4 is 17.6 Å². The number of methoxy groups -OCH3 is 1. The third kappa shape index (κ3) is 3.42. The summed E-state index contributed by atoms with van der Waals surface area (Å²) in [5.41, 5.74) is 0.181. The number of rotatable bonds is 3. The van der Waals surface area contributed by atoms with Crippen molar-refractivity contribution in [2.75, 3.05) is 12.4 Å². The van der Waals surface area contributed by atoms with Gasteiger partial charge >= 0.3 is 5.97 Å². The number of ether oxygens (including phenoxy) is 1. The lowest BCUT2D eigenvalue weighted by Crippen LogP contribution is -2.13. The van der Waals surface area contributed by atoms with Gasteiger partial charge in [0.15, 0.2) is 0 Å². The molecule has 2 aromatic rings. The van der Waals surface area contributed by atoms with Crippen LogP contribution in [-0.4, -0.2) is 19.0 Å². The van der Waals surface area contributed by atoms with Crippen LogP contribution in [0.4, 0.5) is 14.5 Å². The third-order valence-corrected chi connectivity index (χ3v) is 2.74. The molecule has 0 spiro atoms. The topological polar surface area (TPSA) is 55.4 Å². The lowest BCUT2D eigenvalue weighted by molar-refractivity contribution is 0.0595. The highest BCUT2D eigenvalue weighted by Crippen LogP contribution is 2.17. The maximum atomic E-state index is 13.5. The van der Waals surface area contributed by atoms with E-state index in [0.717, 1.165) is 25.3 Å². The first-order chi connectivity index (χ1) is 10.0. The Bertz CT molecular complexity index is 684. The number of hydrogen-bond donors (Lipinski definition) is 1. The fourth-order valence-electron chi connectivity index (χ4n) is 1.67. The molecule has 0 saturated carbocycles. The van der Waals surface area contributed by atoms with Crippen LogP contribution in [0.2, 0.25) is 0 Å². The molecule has 2 rings (SSSR count). The van der Waals surface area contributed by atoms with Crippen LogP contribution < -0.4 is 5.32 Å². The molecule has 0 bridgehead atoms. The molecule has 4 nitrogen and oxygen atoms in total. The Morgan fingerprint density at radius 3 is 2.33 bits per heavy atom. The summed E-state index contributed by atoms with van der Waals surface area (Å²) in [5.74, 6) is -2.55. The smallest absolute Gasteiger partial charge is 0.340 e. The normalized spacial score (nSPS) is 10.0. The molecule has 0 heterocycles. The molecule has 0 atom stereocenters. The summed E-state index contributed by atoms with van der Waals surface area (Å²) in [4.78, 5) is 23.3. The van der Waals surface area contributed by atoms with Crippen LogP contribution in [0.15, 0.2) is 42.5 Å². The third-order valence-electron chi connectivity index (χ3n) is 2.74. The van der Waals surface area contributed by atoms with Gasteiger partial charge in [0.25, 0.3) is 5.91 Å². The molecule has 1 amide bonds. The average Bonchev–Trinajstić information content (AvgIpc) is 2.49. The highest BCUT2D eigenvalue weighted by molar-refractivity contribution is 6.04. The Morgan fingerprint density at radius 2 is 1.71 bits per heavy atom. The maximum absolute atomic E-state index is 13.5. The first-order valence-corrected chi connectivity index (χ1v) is 5.96. The minimum Gasteiger partial charge on any atom is -0.465 e.